The van der Waals surface area contributed by atoms with Crippen molar-refractivity contribution in [3.63, 3.8) is 0 Å². The van der Waals surface area contributed by atoms with Gasteiger partial charge < -0.3 is 0 Å². The molecule has 0 saturated carbocycles. The summed E-state index contributed by atoms with van der Waals surface area (Å²) in [6.07, 6.45) is 2.82. The van der Waals surface area contributed by atoms with Crippen molar-refractivity contribution >= 4 is 11.0 Å². The Morgan fingerprint density at radius 3 is 2.92 bits per heavy atom. The first-order valence-corrected chi connectivity index (χ1v) is 4.52. The third-order valence-electron chi connectivity index (χ3n) is 2.10. The van der Waals surface area contributed by atoms with Crippen molar-refractivity contribution in [3.8, 4) is 0 Å². The first kappa shape index (κ1) is 8.17. The lowest BCUT2D eigenvalue weighted by Crippen LogP contribution is -1.90. The first-order valence-electron chi connectivity index (χ1n) is 4.52. The second kappa shape index (κ2) is 3.13. The van der Waals surface area contributed by atoms with Gasteiger partial charge in [-0.15, -0.1) is 0 Å². The maximum atomic E-state index is 4.42. The number of fused-ring (bicyclic) bond motifs is 1. The van der Waals surface area contributed by atoms with Crippen LogP contribution in [0.5, 0.6) is 0 Å². The molecule has 0 aliphatic carbocycles. The quantitative estimate of drug-likeness (QED) is 0.660. The highest BCUT2D eigenvalue weighted by Gasteiger charge is 1.97. The molecule has 2 heterocycles. The average molecular weight is 172 g/mol. The molecule has 0 aliphatic heterocycles. The summed E-state index contributed by atoms with van der Waals surface area (Å²) in [5.74, 6) is 0. The molecule has 0 saturated heterocycles. The average Bonchev–Trinajstić information content (AvgIpc) is 2.17. The van der Waals surface area contributed by atoms with Gasteiger partial charge in [-0.3, -0.25) is 0 Å². The minimum atomic E-state index is 0.852. The third-order valence-corrected chi connectivity index (χ3v) is 2.10. The van der Waals surface area contributed by atoms with E-state index < -0.39 is 0 Å². The molecular weight excluding hydrogens is 160 g/mol. The zero-order valence-electron chi connectivity index (χ0n) is 7.91. The van der Waals surface area contributed by atoms with Crippen LogP contribution in [0.25, 0.3) is 11.0 Å². The maximum absolute atomic E-state index is 4.42. The van der Waals surface area contributed by atoms with Crippen molar-refractivity contribution in [2.24, 2.45) is 0 Å². The van der Waals surface area contributed by atoms with Crippen LogP contribution in [-0.2, 0) is 6.42 Å². The summed E-state index contributed by atoms with van der Waals surface area (Å²) in [4.78, 5) is 8.70. The smallest absolute Gasteiger partial charge is 0.159 e. The number of rotatable bonds is 1. The highest BCUT2D eigenvalue weighted by Crippen LogP contribution is 2.11. The number of aryl methyl sites for hydroxylation is 2. The highest BCUT2D eigenvalue weighted by atomic mass is 14.8. The van der Waals surface area contributed by atoms with Gasteiger partial charge in [-0.25, -0.2) is 9.97 Å². The lowest BCUT2D eigenvalue weighted by Gasteiger charge is -1.99. The highest BCUT2D eigenvalue weighted by molar-refractivity contribution is 5.75. The van der Waals surface area contributed by atoms with Crippen LogP contribution in [0, 0.1) is 6.92 Å². The van der Waals surface area contributed by atoms with E-state index in [-0.39, 0.29) is 0 Å². The fourth-order valence-electron chi connectivity index (χ4n) is 1.36. The fraction of sp³-hybridized carbons (Fsp3) is 0.273. The van der Waals surface area contributed by atoms with Gasteiger partial charge in [0.05, 0.1) is 0 Å². The van der Waals surface area contributed by atoms with Crippen LogP contribution in [0.2, 0.25) is 0 Å². The van der Waals surface area contributed by atoms with E-state index >= 15 is 0 Å². The summed E-state index contributed by atoms with van der Waals surface area (Å²) < 4.78 is 0. The van der Waals surface area contributed by atoms with Crippen LogP contribution in [0.3, 0.4) is 0 Å². The van der Waals surface area contributed by atoms with Crippen LogP contribution in [0.1, 0.15) is 18.2 Å². The summed E-state index contributed by atoms with van der Waals surface area (Å²) in [6, 6.07) is 6.25. The molecule has 0 fully saturated rings. The standard InChI is InChI=1S/C11H12N2/c1-3-10-5-4-9-6-8(2)7-12-11(9)13-10/h4-7H,3H2,1-2H3. The van der Waals surface area contributed by atoms with E-state index in [4.69, 9.17) is 0 Å². The second-order valence-corrected chi connectivity index (χ2v) is 3.22. The van der Waals surface area contributed by atoms with Crippen molar-refractivity contribution in [3.05, 3.63) is 35.7 Å². The lowest BCUT2D eigenvalue weighted by atomic mass is 10.2. The SMILES string of the molecule is CCc1ccc2cc(C)cnc2n1. The molecule has 2 aromatic rings. The van der Waals surface area contributed by atoms with E-state index in [0.717, 1.165) is 23.1 Å². The van der Waals surface area contributed by atoms with Gasteiger partial charge in [0, 0.05) is 17.3 Å². The Balaban J connectivity index is 2.66. The predicted molar refractivity (Wildman–Crippen MR) is 53.7 cm³/mol. The first-order chi connectivity index (χ1) is 6.29. The van der Waals surface area contributed by atoms with Crippen LogP contribution in [0.15, 0.2) is 24.4 Å². The molecule has 0 N–H and O–H groups in total. The summed E-state index contributed by atoms with van der Waals surface area (Å²) >= 11 is 0. The van der Waals surface area contributed by atoms with Gasteiger partial charge in [0.15, 0.2) is 5.65 Å². The third kappa shape index (κ3) is 1.52. The largest absolute Gasteiger partial charge is 0.236 e. The normalized spacial score (nSPS) is 10.6. The molecule has 0 unspecified atom stereocenters. The molecule has 0 aromatic carbocycles. The van der Waals surface area contributed by atoms with Crippen molar-refractivity contribution in [1.29, 1.82) is 0 Å². The molecule has 2 heteroatoms. The Labute approximate surface area is 77.6 Å². The van der Waals surface area contributed by atoms with Crippen LogP contribution < -0.4 is 0 Å². The molecule has 2 aromatic heterocycles. The number of pyridine rings is 2. The second-order valence-electron chi connectivity index (χ2n) is 3.22. The lowest BCUT2D eigenvalue weighted by molar-refractivity contribution is 1.04. The van der Waals surface area contributed by atoms with E-state index in [1.807, 2.05) is 13.1 Å². The summed E-state index contributed by atoms with van der Waals surface area (Å²) in [7, 11) is 0. The number of hydrogen-bond acceptors (Lipinski definition) is 2. The van der Waals surface area contributed by atoms with Crippen molar-refractivity contribution in [2.45, 2.75) is 20.3 Å². The fourth-order valence-corrected chi connectivity index (χ4v) is 1.36. The minimum absolute atomic E-state index is 0.852. The van der Waals surface area contributed by atoms with Crippen LogP contribution in [-0.4, -0.2) is 9.97 Å². The molecule has 2 rings (SSSR count). The monoisotopic (exact) mass is 172 g/mol. The number of hydrogen-bond donors (Lipinski definition) is 0. The van der Waals surface area contributed by atoms with Gasteiger partial charge in [-0.05, 0) is 37.1 Å². The molecule has 13 heavy (non-hydrogen) atoms. The van der Waals surface area contributed by atoms with Gasteiger partial charge in [-0.2, -0.15) is 0 Å². The molecule has 0 amide bonds. The Hall–Kier alpha value is -1.44. The van der Waals surface area contributed by atoms with Crippen molar-refractivity contribution < 1.29 is 0 Å². The van der Waals surface area contributed by atoms with E-state index in [2.05, 4.69) is 35.1 Å². The van der Waals surface area contributed by atoms with Gasteiger partial charge >= 0.3 is 0 Å². The molecule has 0 aliphatic rings. The summed E-state index contributed by atoms with van der Waals surface area (Å²) in [5, 5.41) is 1.12. The summed E-state index contributed by atoms with van der Waals surface area (Å²) in [6.45, 7) is 4.14. The van der Waals surface area contributed by atoms with E-state index in [1.54, 1.807) is 0 Å². The van der Waals surface area contributed by atoms with Gasteiger partial charge in [0.1, 0.15) is 0 Å². The Morgan fingerprint density at radius 1 is 1.31 bits per heavy atom. The Bertz CT molecular complexity index is 435. The molecule has 66 valence electrons. The van der Waals surface area contributed by atoms with Crippen molar-refractivity contribution in [2.75, 3.05) is 0 Å². The van der Waals surface area contributed by atoms with Crippen LogP contribution >= 0.6 is 0 Å². The molecular formula is C11H12N2. The van der Waals surface area contributed by atoms with E-state index in [0.29, 0.717) is 0 Å². The Kier molecular flexibility index (Phi) is 1.97. The number of nitrogens with zero attached hydrogens (tertiary/aromatic N) is 2. The van der Waals surface area contributed by atoms with Crippen LogP contribution in [0.4, 0.5) is 0 Å². The van der Waals surface area contributed by atoms with Gasteiger partial charge in [0.2, 0.25) is 0 Å². The zero-order valence-corrected chi connectivity index (χ0v) is 7.91. The van der Waals surface area contributed by atoms with E-state index in [9.17, 15) is 0 Å². The minimum Gasteiger partial charge on any atom is -0.236 e. The van der Waals surface area contributed by atoms with E-state index in [1.165, 1.54) is 5.56 Å². The molecule has 0 atom stereocenters. The topological polar surface area (TPSA) is 25.8 Å². The Morgan fingerprint density at radius 2 is 2.15 bits per heavy atom. The molecule has 2 nitrogen and oxygen atoms in total. The molecule has 0 spiro atoms. The van der Waals surface area contributed by atoms with Gasteiger partial charge in [0.25, 0.3) is 0 Å². The van der Waals surface area contributed by atoms with Gasteiger partial charge in [-0.1, -0.05) is 6.92 Å². The molecule has 0 radical (unpaired) electrons. The summed E-state index contributed by atoms with van der Waals surface area (Å²) in [5.41, 5.74) is 3.13. The zero-order chi connectivity index (χ0) is 9.26. The number of aromatic nitrogens is 2. The predicted octanol–water partition coefficient (Wildman–Crippen LogP) is 2.50. The van der Waals surface area contributed by atoms with Crippen molar-refractivity contribution in [1.82, 2.24) is 9.97 Å². The molecule has 0 bridgehead atoms. The maximum Gasteiger partial charge on any atom is 0.159 e.